The minimum atomic E-state index is -0.641. The third-order valence-corrected chi connectivity index (χ3v) is 5.59. The lowest BCUT2D eigenvalue weighted by Crippen LogP contribution is -2.49. The highest BCUT2D eigenvalue weighted by molar-refractivity contribution is 5.69. The van der Waals surface area contributed by atoms with Crippen molar-refractivity contribution >= 4 is 16.9 Å². The van der Waals surface area contributed by atoms with Crippen molar-refractivity contribution in [2.24, 2.45) is 14.1 Å². The number of anilines is 1. The lowest BCUT2D eigenvalue weighted by atomic mass is 10.2. The van der Waals surface area contributed by atoms with Crippen LogP contribution in [0.1, 0.15) is 0 Å². The molecule has 0 bridgehead atoms. The Morgan fingerprint density at radius 3 is 2.38 bits per heavy atom. The number of benzene rings is 1. The number of hydrogen-bond acceptors (Lipinski definition) is 6. The second-order valence-electron chi connectivity index (χ2n) is 7.55. The number of nitrogens with zero attached hydrogens (tertiary/aromatic N) is 6. The lowest BCUT2D eigenvalue weighted by molar-refractivity contribution is 0.0958. The highest BCUT2D eigenvalue weighted by Crippen LogP contribution is 2.16. The van der Waals surface area contributed by atoms with E-state index in [4.69, 9.17) is 0 Å². The summed E-state index contributed by atoms with van der Waals surface area (Å²) in [6.07, 6.45) is 0.875. The van der Waals surface area contributed by atoms with Crippen molar-refractivity contribution in [2.45, 2.75) is 12.6 Å². The van der Waals surface area contributed by atoms with Crippen molar-refractivity contribution < 1.29 is 5.11 Å². The molecular weight excluding hydrogens is 372 g/mol. The Bertz CT molecular complexity index is 1110. The zero-order valence-electron chi connectivity index (χ0n) is 16.7. The van der Waals surface area contributed by atoms with Crippen LogP contribution in [0.5, 0.6) is 0 Å². The minimum Gasteiger partial charge on any atom is -0.390 e. The molecule has 1 aliphatic heterocycles. The van der Waals surface area contributed by atoms with Crippen LogP contribution in [-0.2, 0) is 20.6 Å². The van der Waals surface area contributed by atoms with Crippen molar-refractivity contribution in [1.82, 2.24) is 23.6 Å². The van der Waals surface area contributed by atoms with Crippen molar-refractivity contribution in [2.75, 3.05) is 37.6 Å². The van der Waals surface area contributed by atoms with Gasteiger partial charge in [0.1, 0.15) is 0 Å². The number of para-hydroxylation sites is 1. The van der Waals surface area contributed by atoms with E-state index < -0.39 is 17.4 Å². The molecule has 0 aliphatic carbocycles. The summed E-state index contributed by atoms with van der Waals surface area (Å²) in [6.45, 7) is 4.33. The topological polar surface area (TPSA) is 88.5 Å². The fourth-order valence-corrected chi connectivity index (χ4v) is 3.95. The normalized spacial score (nSPS) is 16.4. The van der Waals surface area contributed by atoms with Gasteiger partial charge in [-0.1, -0.05) is 18.2 Å². The molecule has 0 spiro atoms. The van der Waals surface area contributed by atoms with Gasteiger partial charge in [-0.25, -0.2) is 9.78 Å². The maximum absolute atomic E-state index is 12.5. The molecule has 0 radical (unpaired) electrons. The maximum Gasteiger partial charge on any atom is 0.332 e. The minimum absolute atomic E-state index is 0.253. The van der Waals surface area contributed by atoms with Crippen molar-refractivity contribution in [3.8, 4) is 0 Å². The molecule has 1 saturated heterocycles. The first-order valence-electron chi connectivity index (χ1n) is 9.77. The Balaban J connectivity index is 1.42. The molecule has 9 nitrogen and oxygen atoms in total. The number of rotatable bonds is 5. The molecule has 29 heavy (non-hydrogen) atoms. The number of imidazole rings is 1. The van der Waals surface area contributed by atoms with Gasteiger partial charge < -0.3 is 14.6 Å². The van der Waals surface area contributed by atoms with Crippen molar-refractivity contribution in [1.29, 1.82) is 0 Å². The molecule has 4 rings (SSSR count). The molecule has 154 valence electrons. The Morgan fingerprint density at radius 2 is 1.69 bits per heavy atom. The predicted octanol–water partition coefficient (Wildman–Crippen LogP) is -0.383. The molecule has 1 aliphatic rings. The number of fused-ring (bicyclic) bond motifs is 1. The van der Waals surface area contributed by atoms with Gasteiger partial charge in [-0.2, -0.15) is 0 Å². The zero-order chi connectivity index (χ0) is 20.5. The summed E-state index contributed by atoms with van der Waals surface area (Å²) in [6, 6.07) is 10.3. The predicted molar refractivity (Wildman–Crippen MR) is 111 cm³/mol. The molecular formula is C20H26N6O3. The summed E-state index contributed by atoms with van der Waals surface area (Å²) in [5.74, 6) is 0. The Kier molecular flexibility index (Phi) is 5.25. The molecule has 1 fully saturated rings. The van der Waals surface area contributed by atoms with E-state index in [1.165, 1.54) is 23.6 Å². The van der Waals surface area contributed by atoms with Gasteiger partial charge in [0.15, 0.2) is 11.2 Å². The highest BCUT2D eigenvalue weighted by Gasteiger charge is 2.21. The zero-order valence-corrected chi connectivity index (χ0v) is 16.7. The quantitative estimate of drug-likeness (QED) is 0.630. The molecule has 9 heteroatoms. The Morgan fingerprint density at radius 1 is 1.00 bits per heavy atom. The third kappa shape index (κ3) is 3.70. The van der Waals surface area contributed by atoms with Crippen molar-refractivity contribution in [3.05, 3.63) is 57.5 Å². The van der Waals surface area contributed by atoms with Gasteiger partial charge >= 0.3 is 5.69 Å². The molecule has 3 heterocycles. The molecule has 2 aromatic heterocycles. The maximum atomic E-state index is 12.5. The first-order chi connectivity index (χ1) is 14.0. The van der Waals surface area contributed by atoms with Gasteiger partial charge in [0.2, 0.25) is 0 Å². The summed E-state index contributed by atoms with van der Waals surface area (Å²) in [7, 11) is 3.04. The van der Waals surface area contributed by atoms with E-state index in [1.807, 2.05) is 18.2 Å². The van der Waals surface area contributed by atoms with Crippen LogP contribution in [0.2, 0.25) is 0 Å². The molecule has 1 N–H and O–H groups in total. The second kappa shape index (κ2) is 7.84. The van der Waals surface area contributed by atoms with E-state index in [2.05, 4.69) is 26.9 Å². The number of hydrogen-bond donors (Lipinski definition) is 1. The van der Waals surface area contributed by atoms with Crippen LogP contribution in [0, 0.1) is 0 Å². The lowest BCUT2D eigenvalue weighted by Gasteiger charge is -2.36. The standard InChI is InChI=1S/C20H26N6O3/c1-22-18-17(19(28)23(2)20(22)29)26(14-21-18)13-16(27)12-24-8-10-25(11-9-24)15-6-4-3-5-7-15/h3-7,14,16,27H,8-13H2,1-2H3/t16-/m0/s1. The van der Waals surface area contributed by atoms with Gasteiger partial charge in [0.25, 0.3) is 5.56 Å². The summed E-state index contributed by atoms with van der Waals surface area (Å²) >= 11 is 0. The molecule has 0 amide bonds. The molecule has 0 saturated carbocycles. The third-order valence-electron chi connectivity index (χ3n) is 5.59. The average molecular weight is 398 g/mol. The highest BCUT2D eigenvalue weighted by atomic mass is 16.3. The number of aliphatic hydroxyl groups is 1. The van der Waals surface area contributed by atoms with Crippen LogP contribution < -0.4 is 16.1 Å². The first-order valence-corrected chi connectivity index (χ1v) is 9.77. The summed E-state index contributed by atoms with van der Waals surface area (Å²) in [5, 5.41) is 10.6. The van der Waals surface area contributed by atoms with Crippen LogP contribution in [0.15, 0.2) is 46.2 Å². The van der Waals surface area contributed by atoms with Gasteiger partial charge in [0.05, 0.1) is 19.0 Å². The largest absolute Gasteiger partial charge is 0.390 e. The van der Waals surface area contributed by atoms with E-state index in [0.717, 1.165) is 30.7 Å². The Hall–Kier alpha value is -2.91. The molecule has 0 unspecified atom stereocenters. The fourth-order valence-electron chi connectivity index (χ4n) is 3.95. The van der Waals surface area contributed by atoms with Gasteiger partial charge in [0, 0.05) is 52.5 Å². The van der Waals surface area contributed by atoms with Gasteiger partial charge in [-0.15, -0.1) is 0 Å². The van der Waals surface area contributed by atoms with Gasteiger partial charge in [-0.3, -0.25) is 18.8 Å². The van der Waals surface area contributed by atoms with E-state index in [9.17, 15) is 14.7 Å². The fraction of sp³-hybridized carbons (Fsp3) is 0.450. The summed E-state index contributed by atoms with van der Waals surface area (Å²) in [5.41, 5.74) is 1.08. The van der Waals surface area contributed by atoms with Crippen LogP contribution >= 0.6 is 0 Å². The van der Waals surface area contributed by atoms with E-state index in [0.29, 0.717) is 17.7 Å². The second-order valence-corrected chi connectivity index (χ2v) is 7.55. The molecule has 1 aromatic carbocycles. The average Bonchev–Trinajstić information content (AvgIpc) is 3.15. The molecule has 3 aromatic rings. The number of aliphatic hydroxyl groups excluding tert-OH is 1. The van der Waals surface area contributed by atoms with Crippen LogP contribution in [0.4, 0.5) is 5.69 Å². The van der Waals surface area contributed by atoms with E-state index >= 15 is 0 Å². The first kappa shape index (κ1) is 19.4. The van der Waals surface area contributed by atoms with Crippen LogP contribution in [0.25, 0.3) is 11.2 Å². The van der Waals surface area contributed by atoms with E-state index in [-0.39, 0.29) is 6.54 Å². The summed E-state index contributed by atoms with van der Waals surface area (Å²) < 4.78 is 4.06. The molecule has 1 atom stereocenters. The Labute approximate surface area is 168 Å². The number of aromatic nitrogens is 4. The smallest absolute Gasteiger partial charge is 0.332 e. The van der Waals surface area contributed by atoms with Crippen LogP contribution in [-0.4, -0.2) is 67.5 Å². The van der Waals surface area contributed by atoms with Crippen molar-refractivity contribution in [3.63, 3.8) is 0 Å². The van der Waals surface area contributed by atoms with Gasteiger partial charge in [-0.05, 0) is 12.1 Å². The summed E-state index contributed by atoms with van der Waals surface area (Å²) in [4.78, 5) is 33.3. The SMILES string of the molecule is Cn1c(=O)c2c(ncn2C[C@@H](O)CN2CCN(c3ccccc3)CC2)n(C)c1=O. The number of β-amino-alcohol motifs (C(OH)–C–C–N with tert-alkyl or cyclic N) is 1. The monoisotopic (exact) mass is 398 g/mol. The van der Waals surface area contributed by atoms with E-state index in [1.54, 1.807) is 11.6 Å². The number of piperazine rings is 1. The van der Waals surface area contributed by atoms with Crippen LogP contribution in [0.3, 0.4) is 0 Å². The number of aryl methyl sites for hydroxylation is 1.